The molecule has 0 spiro atoms. The van der Waals surface area contributed by atoms with Crippen LogP contribution in [0.2, 0.25) is 0 Å². The van der Waals surface area contributed by atoms with Gasteiger partial charge in [0.15, 0.2) is 0 Å². The molecular weight excluding hydrogens is 294 g/mol. The van der Waals surface area contributed by atoms with E-state index in [1.165, 1.54) is 10.9 Å². The van der Waals surface area contributed by atoms with Crippen molar-refractivity contribution in [3.8, 4) is 5.95 Å². The third kappa shape index (κ3) is 4.85. The first-order valence-corrected chi connectivity index (χ1v) is 7.90. The quantitative estimate of drug-likeness (QED) is 0.779. The van der Waals surface area contributed by atoms with Crippen LogP contribution in [0.5, 0.6) is 0 Å². The summed E-state index contributed by atoms with van der Waals surface area (Å²) in [5, 5.41) is 17.4. The molecule has 0 aliphatic rings. The fourth-order valence-electron chi connectivity index (χ4n) is 2.64. The largest absolute Gasteiger partial charge is 0.389 e. The summed E-state index contributed by atoms with van der Waals surface area (Å²) in [6.45, 7) is 4.00. The van der Waals surface area contributed by atoms with Crippen LogP contribution in [0.15, 0.2) is 30.9 Å². The Morgan fingerprint density at radius 3 is 2.52 bits per heavy atom. The Hall–Kier alpha value is -2.28. The summed E-state index contributed by atoms with van der Waals surface area (Å²) in [6.07, 6.45) is 9.42. The molecule has 0 aliphatic heterocycles. The summed E-state index contributed by atoms with van der Waals surface area (Å²) in [7, 11) is 0. The van der Waals surface area contributed by atoms with E-state index in [2.05, 4.69) is 20.4 Å². The molecule has 7 nitrogen and oxygen atoms in total. The monoisotopic (exact) mass is 317 g/mol. The van der Waals surface area contributed by atoms with E-state index >= 15 is 0 Å². The van der Waals surface area contributed by atoms with Gasteiger partial charge >= 0.3 is 0 Å². The Morgan fingerprint density at radius 2 is 1.91 bits per heavy atom. The number of carbonyl (C=O) groups is 1. The van der Waals surface area contributed by atoms with Crippen molar-refractivity contribution in [2.24, 2.45) is 0 Å². The number of carbonyl (C=O) groups excluding carboxylic acids is 1. The zero-order chi connectivity index (χ0) is 16.7. The lowest BCUT2D eigenvalue weighted by molar-refractivity contribution is -0.121. The molecule has 0 bridgehead atoms. The molecule has 2 rings (SSSR count). The van der Waals surface area contributed by atoms with Crippen LogP contribution in [-0.2, 0) is 4.79 Å². The second kappa shape index (κ2) is 7.82. The standard InChI is InChI=1S/C16H23N5O2/c1-3-6-16(23,7-4-2)10-14(22)20-13-11-19-21(12-13)15-17-8-5-9-18-15/h5,8-9,11-12,23H,3-4,6-7,10H2,1-2H3,(H,20,22). The van der Waals surface area contributed by atoms with Crippen molar-refractivity contribution in [2.75, 3.05) is 5.32 Å². The molecular formula is C16H23N5O2. The van der Waals surface area contributed by atoms with Crippen LogP contribution < -0.4 is 5.32 Å². The molecule has 0 fully saturated rings. The molecule has 23 heavy (non-hydrogen) atoms. The number of rotatable bonds is 8. The zero-order valence-corrected chi connectivity index (χ0v) is 13.6. The first kappa shape index (κ1) is 17.1. The van der Waals surface area contributed by atoms with E-state index < -0.39 is 5.60 Å². The summed E-state index contributed by atoms with van der Waals surface area (Å²) < 4.78 is 1.49. The van der Waals surface area contributed by atoms with Crippen LogP contribution in [0.25, 0.3) is 5.95 Å². The van der Waals surface area contributed by atoms with Gasteiger partial charge in [0.05, 0.1) is 30.1 Å². The molecule has 2 N–H and O–H groups in total. The van der Waals surface area contributed by atoms with Gasteiger partial charge in [-0.3, -0.25) is 4.79 Å². The predicted molar refractivity (Wildman–Crippen MR) is 87.2 cm³/mol. The van der Waals surface area contributed by atoms with E-state index in [0.29, 0.717) is 24.5 Å². The fourth-order valence-corrected chi connectivity index (χ4v) is 2.64. The first-order valence-electron chi connectivity index (χ1n) is 7.90. The zero-order valence-electron chi connectivity index (χ0n) is 13.6. The summed E-state index contributed by atoms with van der Waals surface area (Å²) >= 11 is 0. The number of nitrogens with zero attached hydrogens (tertiary/aromatic N) is 4. The Bertz CT molecular complexity index is 620. The Balaban J connectivity index is 1.99. The summed E-state index contributed by atoms with van der Waals surface area (Å²) in [5.41, 5.74) is -0.385. The lowest BCUT2D eigenvalue weighted by Crippen LogP contribution is -2.33. The molecule has 0 saturated heterocycles. The maximum absolute atomic E-state index is 12.2. The van der Waals surface area contributed by atoms with Gasteiger partial charge in [-0.2, -0.15) is 5.10 Å². The highest BCUT2D eigenvalue weighted by Gasteiger charge is 2.28. The van der Waals surface area contributed by atoms with Crippen LogP contribution in [0.1, 0.15) is 46.0 Å². The minimum absolute atomic E-state index is 0.0850. The van der Waals surface area contributed by atoms with Gasteiger partial charge in [-0.15, -0.1) is 0 Å². The minimum Gasteiger partial charge on any atom is -0.389 e. The SMILES string of the molecule is CCCC(O)(CCC)CC(=O)Nc1cnn(-c2ncccn2)c1. The van der Waals surface area contributed by atoms with Crippen molar-refractivity contribution in [1.82, 2.24) is 19.7 Å². The third-order valence-corrected chi connectivity index (χ3v) is 3.54. The summed E-state index contributed by atoms with van der Waals surface area (Å²) in [4.78, 5) is 20.4. The van der Waals surface area contributed by atoms with Gasteiger partial charge in [-0.25, -0.2) is 14.6 Å². The van der Waals surface area contributed by atoms with Crippen LogP contribution in [0.3, 0.4) is 0 Å². The van der Waals surface area contributed by atoms with Crippen LogP contribution in [0.4, 0.5) is 5.69 Å². The highest BCUT2D eigenvalue weighted by Crippen LogP contribution is 2.24. The van der Waals surface area contributed by atoms with E-state index in [1.807, 2.05) is 13.8 Å². The number of hydrogen-bond donors (Lipinski definition) is 2. The van der Waals surface area contributed by atoms with Crippen molar-refractivity contribution in [3.05, 3.63) is 30.9 Å². The predicted octanol–water partition coefficient (Wildman–Crippen LogP) is 2.32. The highest BCUT2D eigenvalue weighted by molar-refractivity contribution is 5.91. The Kier molecular flexibility index (Phi) is 5.81. The molecule has 0 saturated carbocycles. The maximum atomic E-state index is 12.2. The van der Waals surface area contributed by atoms with E-state index in [4.69, 9.17) is 0 Å². The lowest BCUT2D eigenvalue weighted by Gasteiger charge is -2.26. The molecule has 2 aromatic heterocycles. The molecule has 0 radical (unpaired) electrons. The van der Waals surface area contributed by atoms with Gasteiger partial charge in [0.25, 0.3) is 0 Å². The molecule has 0 aliphatic carbocycles. The number of aromatic nitrogens is 4. The van der Waals surface area contributed by atoms with Crippen molar-refractivity contribution in [1.29, 1.82) is 0 Å². The summed E-state index contributed by atoms with van der Waals surface area (Å²) in [6, 6.07) is 1.72. The number of amides is 1. The molecule has 1 amide bonds. The van der Waals surface area contributed by atoms with E-state index in [-0.39, 0.29) is 12.3 Å². The summed E-state index contributed by atoms with van der Waals surface area (Å²) in [5.74, 6) is 0.212. The molecule has 0 unspecified atom stereocenters. The van der Waals surface area contributed by atoms with E-state index in [9.17, 15) is 9.90 Å². The van der Waals surface area contributed by atoms with Gasteiger partial charge in [0, 0.05) is 12.4 Å². The number of hydrogen-bond acceptors (Lipinski definition) is 5. The highest BCUT2D eigenvalue weighted by atomic mass is 16.3. The fraction of sp³-hybridized carbons (Fsp3) is 0.500. The number of nitrogens with one attached hydrogen (secondary N) is 1. The Labute approximate surface area is 135 Å². The van der Waals surface area contributed by atoms with Gasteiger partial charge < -0.3 is 10.4 Å². The topological polar surface area (TPSA) is 92.9 Å². The van der Waals surface area contributed by atoms with Crippen molar-refractivity contribution < 1.29 is 9.90 Å². The second-order valence-electron chi connectivity index (χ2n) is 5.67. The molecule has 2 aromatic rings. The average molecular weight is 317 g/mol. The third-order valence-electron chi connectivity index (χ3n) is 3.54. The minimum atomic E-state index is -0.938. The lowest BCUT2D eigenvalue weighted by atomic mass is 9.89. The van der Waals surface area contributed by atoms with Gasteiger partial charge in [-0.05, 0) is 18.9 Å². The number of anilines is 1. The first-order chi connectivity index (χ1) is 11.1. The van der Waals surface area contributed by atoms with E-state index in [1.54, 1.807) is 24.7 Å². The molecule has 2 heterocycles. The van der Waals surface area contributed by atoms with E-state index in [0.717, 1.165) is 12.8 Å². The average Bonchev–Trinajstić information content (AvgIpc) is 2.96. The molecule has 124 valence electrons. The van der Waals surface area contributed by atoms with Gasteiger partial charge in [0.1, 0.15) is 0 Å². The number of aliphatic hydroxyl groups is 1. The molecule has 0 aromatic carbocycles. The van der Waals surface area contributed by atoms with Crippen molar-refractivity contribution in [3.63, 3.8) is 0 Å². The second-order valence-corrected chi connectivity index (χ2v) is 5.67. The normalized spacial score (nSPS) is 11.4. The Morgan fingerprint density at radius 1 is 1.26 bits per heavy atom. The van der Waals surface area contributed by atoms with Gasteiger partial charge in [0.2, 0.25) is 11.9 Å². The van der Waals surface area contributed by atoms with Crippen LogP contribution in [0, 0.1) is 0 Å². The smallest absolute Gasteiger partial charge is 0.250 e. The van der Waals surface area contributed by atoms with Crippen molar-refractivity contribution >= 4 is 11.6 Å². The molecule has 0 atom stereocenters. The maximum Gasteiger partial charge on any atom is 0.250 e. The van der Waals surface area contributed by atoms with Gasteiger partial charge in [-0.1, -0.05) is 26.7 Å². The van der Waals surface area contributed by atoms with Crippen LogP contribution >= 0.6 is 0 Å². The van der Waals surface area contributed by atoms with Crippen molar-refractivity contribution in [2.45, 2.75) is 51.6 Å². The van der Waals surface area contributed by atoms with Crippen LogP contribution in [-0.4, -0.2) is 36.4 Å². The molecule has 7 heteroatoms.